The van der Waals surface area contributed by atoms with Crippen molar-refractivity contribution in [1.82, 2.24) is 4.98 Å². The van der Waals surface area contributed by atoms with Gasteiger partial charge in [-0.1, -0.05) is 17.4 Å². The summed E-state index contributed by atoms with van der Waals surface area (Å²) >= 11 is 1.40. The van der Waals surface area contributed by atoms with Gasteiger partial charge >= 0.3 is 0 Å². The number of carbonyl (C=O) groups is 1. The second kappa shape index (κ2) is 5.30. The Bertz CT molecular complexity index is 871. The van der Waals surface area contributed by atoms with Crippen molar-refractivity contribution in [2.24, 2.45) is 0 Å². The first-order chi connectivity index (χ1) is 10.7. The number of nitrogens with zero attached hydrogens (tertiary/aromatic N) is 1. The zero-order chi connectivity index (χ0) is 15.1. The van der Waals surface area contributed by atoms with Gasteiger partial charge in [0.1, 0.15) is 11.9 Å². The molecule has 22 heavy (non-hydrogen) atoms. The van der Waals surface area contributed by atoms with E-state index in [1.165, 1.54) is 23.5 Å². The van der Waals surface area contributed by atoms with E-state index in [9.17, 15) is 9.18 Å². The van der Waals surface area contributed by atoms with Gasteiger partial charge in [-0.2, -0.15) is 0 Å². The van der Waals surface area contributed by atoms with Gasteiger partial charge in [-0.25, -0.2) is 9.37 Å². The average molecular weight is 316 g/mol. The molecule has 0 aliphatic carbocycles. The maximum Gasteiger partial charge on any atom is 0.255 e. The third-order valence-corrected chi connectivity index (χ3v) is 4.80. The molecule has 112 valence electrons. The lowest BCUT2D eigenvalue weighted by Crippen LogP contribution is -2.26. The van der Waals surface area contributed by atoms with Crippen molar-refractivity contribution in [3.05, 3.63) is 36.1 Å². The molecule has 0 bridgehead atoms. The summed E-state index contributed by atoms with van der Waals surface area (Å²) in [7, 11) is 0. The third kappa shape index (κ3) is 2.34. The van der Waals surface area contributed by atoms with Crippen molar-refractivity contribution in [2.75, 3.05) is 11.9 Å². The van der Waals surface area contributed by atoms with Gasteiger partial charge in [-0.3, -0.25) is 10.1 Å². The van der Waals surface area contributed by atoms with Gasteiger partial charge in [0.25, 0.3) is 5.91 Å². The van der Waals surface area contributed by atoms with E-state index in [4.69, 9.17) is 4.74 Å². The zero-order valence-electron chi connectivity index (χ0n) is 11.6. The Balaban J connectivity index is 1.70. The molecule has 1 saturated heterocycles. The first-order valence-corrected chi connectivity index (χ1v) is 7.94. The highest BCUT2D eigenvalue weighted by molar-refractivity contribution is 7.23. The van der Waals surface area contributed by atoms with Crippen LogP contribution in [0.25, 0.3) is 21.0 Å². The standard InChI is InChI=1S/C16H13FN2O2S/c17-10-4-5-11-9(8-10)3-6-12-14(11)22-16(18-12)19-15(20)13-2-1-7-21-13/h3-6,8,13H,1-2,7H2,(H,18,19,20). The number of nitrogens with one attached hydrogen (secondary N) is 1. The molecule has 0 radical (unpaired) electrons. The summed E-state index contributed by atoms with van der Waals surface area (Å²) in [6.07, 6.45) is 1.28. The van der Waals surface area contributed by atoms with Crippen molar-refractivity contribution >= 4 is 43.4 Å². The molecule has 4 rings (SSSR count). The third-order valence-electron chi connectivity index (χ3n) is 3.78. The molecule has 2 aromatic carbocycles. The largest absolute Gasteiger partial charge is 0.368 e. The monoisotopic (exact) mass is 316 g/mol. The highest BCUT2D eigenvalue weighted by atomic mass is 32.1. The molecule has 1 aromatic heterocycles. The number of amides is 1. The maximum atomic E-state index is 13.3. The molecule has 1 atom stereocenters. The number of carbonyl (C=O) groups excluding carboxylic acids is 1. The Morgan fingerprint density at radius 1 is 1.36 bits per heavy atom. The first kappa shape index (κ1) is 13.6. The van der Waals surface area contributed by atoms with E-state index in [1.54, 1.807) is 6.07 Å². The quantitative estimate of drug-likeness (QED) is 0.784. The fraction of sp³-hybridized carbons (Fsp3) is 0.250. The first-order valence-electron chi connectivity index (χ1n) is 7.12. The zero-order valence-corrected chi connectivity index (χ0v) is 12.5. The van der Waals surface area contributed by atoms with Gasteiger partial charge in [0.05, 0.1) is 10.2 Å². The maximum absolute atomic E-state index is 13.3. The molecule has 0 saturated carbocycles. The van der Waals surface area contributed by atoms with Crippen molar-refractivity contribution in [3.63, 3.8) is 0 Å². The van der Waals surface area contributed by atoms with E-state index in [2.05, 4.69) is 10.3 Å². The number of benzene rings is 2. The van der Waals surface area contributed by atoms with Crippen LogP contribution in [-0.4, -0.2) is 23.6 Å². The fourth-order valence-electron chi connectivity index (χ4n) is 2.71. The summed E-state index contributed by atoms with van der Waals surface area (Å²) in [6.45, 7) is 0.633. The molecule has 3 aromatic rings. The second-order valence-electron chi connectivity index (χ2n) is 5.29. The summed E-state index contributed by atoms with van der Waals surface area (Å²) in [5.74, 6) is -0.407. The number of anilines is 1. The van der Waals surface area contributed by atoms with Crippen LogP contribution in [0.3, 0.4) is 0 Å². The molecule has 1 aliphatic rings. The van der Waals surface area contributed by atoms with Gasteiger partial charge in [0.2, 0.25) is 0 Å². The van der Waals surface area contributed by atoms with Crippen LogP contribution in [0.1, 0.15) is 12.8 Å². The van der Waals surface area contributed by atoms with Gasteiger partial charge in [-0.15, -0.1) is 0 Å². The van der Waals surface area contributed by atoms with Gasteiger partial charge in [0.15, 0.2) is 5.13 Å². The Kier molecular flexibility index (Phi) is 3.28. The van der Waals surface area contributed by atoms with Crippen molar-refractivity contribution in [3.8, 4) is 0 Å². The Hall–Kier alpha value is -2.05. The van der Waals surface area contributed by atoms with E-state index < -0.39 is 0 Å². The van der Waals surface area contributed by atoms with Gasteiger partial charge in [0, 0.05) is 12.0 Å². The predicted molar refractivity (Wildman–Crippen MR) is 84.7 cm³/mol. The highest BCUT2D eigenvalue weighted by Crippen LogP contribution is 2.33. The average Bonchev–Trinajstić information content (AvgIpc) is 3.15. The molecule has 1 amide bonds. The Morgan fingerprint density at radius 3 is 3.09 bits per heavy atom. The fourth-order valence-corrected chi connectivity index (χ4v) is 3.71. The Morgan fingerprint density at radius 2 is 2.27 bits per heavy atom. The van der Waals surface area contributed by atoms with Gasteiger partial charge in [-0.05, 0) is 42.5 Å². The van der Waals surface area contributed by atoms with Crippen LogP contribution < -0.4 is 5.32 Å². The molecule has 1 fully saturated rings. The summed E-state index contributed by atoms with van der Waals surface area (Å²) in [4.78, 5) is 16.5. The van der Waals surface area contributed by atoms with Crippen LogP contribution in [0.15, 0.2) is 30.3 Å². The molecule has 4 nitrogen and oxygen atoms in total. The summed E-state index contributed by atoms with van der Waals surface area (Å²) < 4.78 is 19.6. The topological polar surface area (TPSA) is 51.2 Å². The molecular weight excluding hydrogens is 303 g/mol. The number of rotatable bonds is 2. The smallest absolute Gasteiger partial charge is 0.255 e. The number of hydrogen-bond donors (Lipinski definition) is 1. The summed E-state index contributed by atoms with van der Waals surface area (Å²) in [5.41, 5.74) is 0.798. The van der Waals surface area contributed by atoms with Crippen molar-refractivity contribution in [1.29, 1.82) is 0 Å². The molecule has 0 spiro atoms. The lowest BCUT2D eigenvalue weighted by Gasteiger charge is -2.07. The minimum atomic E-state index is -0.377. The van der Waals surface area contributed by atoms with Crippen LogP contribution in [-0.2, 0) is 9.53 Å². The van der Waals surface area contributed by atoms with E-state index in [-0.39, 0.29) is 17.8 Å². The van der Waals surface area contributed by atoms with E-state index in [0.29, 0.717) is 11.7 Å². The number of halogens is 1. The minimum absolute atomic E-state index is 0.146. The molecular formula is C16H13FN2O2S. The Labute approximate surface area is 129 Å². The summed E-state index contributed by atoms with van der Waals surface area (Å²) in [6, 6.07) is 8.36. The predicted octanol–water partition coefficient (Wildman–Crippen LogP) is 3.71. The number of aromatic nitrogens is 1. The van der Waals surface area contributed by atoms with E-state index in [1.807, 2.05) is 12.1 Å². The second-order valence-corrected chi connectivity index (χ2v) is 6.29. The van der Waals surface area contributed by atoms with Crippen LogP contribution in [0.2, 0.25) is 0 Å². The highest BCUT2D eigenvalue weighted by Gasteiger charge is 2.24. The van der Waals surface area contributed by atoms with Crippen LogP contribution in [0.5, 0.6) is 0 Å². The van der Waals surface area contributed by atoms with Crippen LogP contribution in [0.4, 0.5) is 9.52 Å². The molecule has 6 heteroatoms. The number of hydrogen-bond acceptors (Lipinski definition) is 4. The SMILES string of the molecule is O=C(Nc1nc2ccc3cc(F)ccc3c2s1)C1CCCO1. The molecule has 1 unspecified atom stereocenters. The van der Waals surface area contributed by atoms with Gasteiger partial charge < -0.3 is 4.74 Å². The number of thiazole rings is 1. The van der Waals surface area contributed by atoms with E-state index in [0.717, 1.165) is 33.8 Å². The lowest BCUT2D eigenvalue weighted by atomic mass is 10.1. The number of fused-ring (bicyclic) bond motifs is 3. The molecule has 2 heterocycles. The lowest BCUT2D eigenvalue weighted by molar-refractivity contribution is -0.124. The van der Waals surface area contributed by atoms with Crippen LogP contribution >= 0.6 is 11.3 Å². The van der Waals surface area contributed by atoms with Crippen molar-refractivity contribution in [2.45, 2.75) is 18.9 Å². The van der Waals surface area contributed by atoms with Crippen LogP contribution in [0, 0.1) is 5.82 Å². The van der Waals surface area contributed by atoms with E-state index >= 15 is 0 Å². The van der Waals surface area contributed by atoms with Crippen molar-refractivity contribution < 1.29 is 13.9 Å². The normalized spacial score (nSPS) is 18.1. The molecule has 1 aliphatic heterocycles. The number of ether oxygens (including phenoxy) is 1. The summed E-state index contributed by atoms with van der Waals surface area (Å²) in [5, 5.41) is 5.13. The minimum Gasteiger partial charge on any atom is -0.368 e. The molecule has 1 N–H and O–H groups in total.